The highest BCUT2D eigenvalue weighted by atomic mass is 32.2. The zero-order chi connectivity index (χ0) is 16.1. The summed E-state index contributed by atoms with van der Waals surface area (Å²) in [6.07, 6.45) is 1.86. The summed E-state index contributed by atoms with van der Waals surface area (Å²) < 4.78 is 22.3. The summed E-state index contributed by atoms with van der Waals surface area (Å²) in [5.41, 5.74) is 3.30. The minimum absolute atomic E-state index is 0.334. The largest absolute Gasteiger partial charge is 0.357 e. The topological polar surface area (TPSA) is 70.2 Å². The van der Waals surface area contributed by atoms with Gasteiger partial charge in [-0.1, -0.05) is 18.2 Å². The molecule has 1 N–H and O–H groups in total. The lowest BCUT2D eigenvalue weighted by Crippen LogP contribution is -2.51. The van der Waals surface area contributed by atoms with Crippen LogP contribution in [0.4, 0.5) is 0 Å². The van der Waals surface area contributed by atoms with Gasteiger partial charge in [-0.2, -0.15) is 0 Å². The number of rotatable bonds is 2. The third-order valence-electron chi connectivity index (χ3n) is 4.61. The molecule has 22 heavy (non-hydrogen) atoms. The number of fused-ring (bicyclic) bond motifs is 3. The number of aromatic nitrogens is 1. The Kier molecular flexibility index (Phi) is 3.32. The Hall–Kier alpha value is -1.82. The molecule has 5 nitrogen and oxygen atoms in total. The summed E-state index contributed by atoms with van der Waals surface area (Å²) in [7, 11) is -3.45. The van der Waals surface area contributed by atoms with Gasteiger partial charge < -0.3 is 9.88 Å². The van der Waals surface area contributed by atoms with Gasteiger partial charge >= 0.3 is 0 Å². The van der Waals surface area contributed by atoms with Crippen molar-refractivity contribution in [2.45, 2.75) is 31.6 Å². The van der Waals surface area contributed by atoms with Crippen molar-refractivity contribution < 1.29 is 13.2 Å². The van der Waals surface area contributed by atoms with E-state index in [4.69, 9.17) is 0 Å². The number of benzene rings is 1. The monoisotopic (exact) mass is 320 g/mol. The van der Waals surface area contributed by atoms with Crippen LogP contribution >= 0.6 is 0 Å². The average molecular weight is 320 g/mol. The first-order valence-electron chi connectivity index (χ1n) is 7.29. The van der Waals surface area contributed by atoms with Crippen molar-refractivity contribution in [3.8, 4) is 0 Å². The highest BCUT2D eigenvalue weighted by Gasteiger charge is 2.42. The molecule has 1 aliphatic rings. The van der Waals surface area contributed by atoms with Crippen molar-refractivity contribution in [1.82, 2.24) is 9.88 Å². The van der Waals surface area contributed by atoms with Crippen molar-refractivity contribution in [2.24, 2.45) is 0 Å². The molecule has 0 bridgehead atoms. The number of H-pyrrole nitrogens is 1. The number of carbonyl (C=O) groups excluding carboxylic acids is 1. The summed E-state index contributed by atoms with van der Waals surface area (Å²) in [5.74, 6) is -0.334. The standard InChI is InChI=1S/C16H20N2O3S/c1-16(2,22(3,20)21)15(19)18-9-8-12-11-6-4-5-7-13(11)17-14(12)10-18/h4-7,17H,8-10H2,1-3H3. The van der Waals surface area contributed by atoms with E-state index in [0.717, 1.165) is 23.9 Å². The predicted octanol–water partition coefficient (Wildman–Crippen LogP) is 1.88. The molecule has 6 heteroatoms. The molecule has 2 heterocycles. The Morgan fingerprint density at radius 3 is 2.64 bits per heavy atom. The number of nitrogens with one attached hydrogen (secondary N) is 1. The summed E-state index contributed by atoms with van der Waals surface area (Å²) in [5, 5.41) is 1.19. The molecule has 118 valence electrons. The van der Waals surface area contributed by atoms with Gasteiger partial charge in [0.25, 0.3) is 0 Å². The van der Waals surface area contributed by atoms with Crippen molar-refractivity contribution in [2.75, 3.05) is 12.8 Å². The van der Waals surface area contributed by atoms with E-state index in [9.17, 15) is 13.2 Å². The van der Waals surface area contributed by atoms with Gasteiger partial charge in [-0.05, 0) is 31.9 Å². The highest BCUT2D eigenvalue weighted by molar-refractivity contribution is 7.92. The van der Waals surface area contributed by atoms with Crippen LogP contribution in [0.25, 0.3) is 10.9 Å². The first-order valence-corrected chi connectivity index (χ1v) is 9.18. The fourth-order valence-electron chi connectivity index (χ4n) is 2.91. The van der Waals surface area contributed by atoms with E-state index in [1.807, 2.05) is 18.2 Å². The van der Waals surface area contributed by atoms with Crippen molar-refractivity contribution in [3.63, 3.8) is 0 Å². The summed E-state index contributed by atoms with van der Waals surface area (Å²) in [6.45, 7) is 3.94. The van der Waals surface area contributed by atoms with Gasteiger partial charge in [-0.15, -0.1) is 0 Å². The van der Waals surface area contributed by atoms with Crippen LogP contribution in [0.2, 0.25) is 0 Å². The molecular formula is C16H20N2O3S. The maximum atomic E-state index is 12.6. The van der Waals surface area contributed by atoms with E-state index < -0.39 is 14.6 Å². The van der Waals surface area contributed by atoms with Crippen LogP contribution in [0, 0.1) is 0 Å². The molecule has 0 radical (unpaired) electrons. The molecule has 1 amide bonds. The van der Waals surface area contributed by atoms with Crippen LogP contribution in [0.3, 0.4) is 0 Å². The van der Waals surface area contributed by atoms with Gasteiger partial charge in [0.2, 0.25) is 5.91 Å². The Morgan fingerprint density at radius 1 is 1.27 bits per heavy atom. The zero-order valence-electron chi connectivity index (χ0n) is 13.0. The number of sulfone groups is 1. The fourth-order valence-corrected chi connectivity index (χ4v) is 3.35. The van der Waals surface area contributed by atoms with Crippen molar-refractivity contribution in [1.29, 1.82) is 0 Å². The molecule has 0 atom stereocenters. The second-order valence-corrected chi connectivity index (χ2v) is 8.95. The van der Waals surface area contributed by atoms with Crippen molar-refractivity contribution >= 4 is 26.6 Å². The van der Waals surface area contributed by atoms with Gasteiger partial charge in [-0.3, -0.25) is 4.79 Å². The first kappa shape index (κ1) is 15.1. The van der Waals surface area contributed by atoms with E-state index in [1.54, 1.807) is 4.90 Å². The maximum Gasteiger partial charge on any atom is 0.243 e. The van der Waals surface area contributed by atoms with Gasteiger partial charge in [0, 0.05) is 29.4 Å². The van der Waals surface area contributed by atoms with Crippen molar-refractivity contribution in [3.05, 3.63) is 35.5 Å². The fraction of sp³-hybridized carbons (Fsp3) is 0.438. The predicted molar refractivity (Wildman–Crippen MR) is 86.3 cm³/mol. The lowest BCUT2D eigenvalue weighted by molar-refractivity contribution is -0.134. The number of para-hydroxylation sites is 1. The smallest absolute Gasteiger partial charge is 0.243 e. The Morgan fingerprint density at radius 2 is 1.95 bits per heavy atom. The highest BCUT2D eigenvalue weighted by Crippen LogP contribution is 2.29. The molecule has 0 unspecified atom stereocenters. The summed E-state index contributed by atoms with van der Waals surface area (Å²) in [4.78, 5) is 17.6. The number of hydrogen-bond acceptors (Lipinski definition) is 3. The number of aromatic amines is 1. The molecule has 1 aromatic heterocycles. The lowest BCUT2D eigenvalue weighted by Gasteiger charge is -2.33. The molecule has 2 aromatic rings. The number of amides is 1. The third-order valence-corrected chi connectivity index (χ3v) is 6.64. The second-order valence-electron chi connectivity index (χ2n) is 6.39. The van der Waals surface area contributed by atoms with E-state index in [-0.39, 0.29) is 5.91 Å². The lowest BCUT2D eigenvalue weighted by atomic mass is 10.0. The van der Waals surface area contributed by atoms with Gasteiger partial charge in [0.1, 0.15) is 4.75 Å². The molecule has 1 aromatic carbocycles. The van der Waals surface area contributed by atoms with Gasteiger partial charge in [-0.25, -0.2) is 8.42 Å². The molecular weight excluding hydrogens is 300 g/mol. The summed E-state index contributed by atoms with van der Waals surface area (Å²) in [6, 6.07) is 8.06. The number of carbonyl (C=O) groups is 1. The van der Waals surface area contributed by atoms with E-state index in [0.29, 0.717) is 13.1 Å². The zero-order valence-corrected chi connectivity index (χ0v) is 13.8. The molecule has 0 fully saturated rings. The molecule has 0 spiro atoms. The minimum Gasteiger partial charge on any atom is -0.357 e. The third kappa shape index (κ3) is 2.22. The van der Waals surface area contributed by atoms with Crippen LogP contribution in [0.1, 0.15) is 25.1 Å². The Bertz CT molecular complexity index is 849. The van der Waals surface area contributed by atoms with E-state index in [1.165, 1.54) is 24.8 Å². The number of hydrogen-bond donors (Lipinski definition) is 1. The van der Waals surface area contributed by atoms with Crippen LogP contribution in [-0.4, -0.2) is 41.8 Å². The molecule has 3 rings (SSSR count). The first-order chi connectivity index (χ1) is 10.2. The van der Waals surface area contributed by atoms with Crippen LogP contribution in [0.5, 0.6) is 0 Å². The Balaban J connectivity index is 1.93. The van der Waals surface area contributed by atoms with Gasteiger partial charge in [0.05, 0.1) is 6.54 Å². The van der Waals surface area contributed by atoms with Gasteiger partial charge in [0.15, 0.2) is 9.84 Å². The van der Waals surface area contributed by atoms with Crippen LogP contribution < -0.4 is 0 Å². The van der Waals surface area contributed by atoms with Crippen LogP contribution in [-0.2, 0) is 27.6 Å². The normalized spacial score (nSPS) is 15.9. The molecule has 0 saturated carbocycles. The van der Waals surface area contributed by atoms with E-state index >= 15 is 0 Å². The minimum atomic E-state index is -3.45. The number of nitrogens with zero attached hydrogens (tertiary/aromatic N) is 1. The quantitative estimate of drug-likeness (QED) is 0.918. The summed E-state index contributed by atoms with van der Waals surface area (Å²) >= 11 is 0. The molecule has 1 aliphatic heterocycles. The SMILES string of the molecule is CC(C)(C(=O)N1CCc2c([nH]c3ccccc23)C1)S(C)(=O)=O. The second kappa shape index (κ2) is 4.84. The van der Waals surface area contributed by atoms with Crippen LogP contribution in [0.15, 0.2) is 24.3 Å². The maximum absolute atomic E-state index is 12.6. The van der Waals surface area contributed by atoms with E-state index in [2.05, 4.69) is 11.1 Å². The molecule has 0 saturated heterocycles. The average Bonchev–Trinajstić information content (AvgIpc) is 2.82. The molecule has 0 aliphatic carbocycles. The Labute approximate surface area is 130 Å².